The number of hydrogen-bond acceptors (Lipinski definition) is 4. The molecule has 0 aromatic carbocycles. The topological polar surface area (TPSA) is 72.8 Å². The summed E-state index contributed by atoms with van der Waals surface area (Å²) in [7, 11) is -1.12. The first-order valence-electron chi connectivity index (χ1n) is 3.38. The van der Waals surface area contributed by atoms with Crippen LogP contribution in [-0.4, -0.2) is 38.7 Å². The van der Waals surface area contributed by atoms with Crippen LogP contribution in [0.2, 0.25) is 0 Å². The number of rotatable bonds is 5. The molecule has 0 aromatic heterocycles. The van der Waals surface area contributed by atoms with Gasteiger partial charge in [0.15, 0.2) is 5.79 Å². The van der Waals surface area contributed by atoms with Crippen molar-refractivity contribution >= 4 is 10.1 Å². The molecule has 12 heavy (non-hydrogen) atoms. The van der Waals surface area contributed by atoms with Crippen LogP contribution >= 0.6 is 0 Å². The molecule has 74 valence electrons. The normalized spacial score (nSPS) is 13.3. The lowest BCUT2D eigenvalue weighted by Crippen LogP contribution is -2.32. The minimum absolute atomic E-state index is 0.0961. The average molecular weight is 198 g/mol. The van der Waals surface area contributed by atoms with Crippen molar-refractivity contribution in [2.75, 3.05) is 20.0 Å². The van der Waals surface area contributed by atoms with Gasteiger partial charge < -0.3 is 9.47 Å². The van der Waals surface area contributed by atoms with Crippen molar-refractivity contribution in [1.82, 2.24) is 0 Å². The van der Waals surface area contributed by atoms with E-state index in [0.717, 1.165) is 0 Å². The Morgan fingerprint density at radius 3 is 2.00 bits per heavy atom. The number of hydrogen-bond donors (Lipinski definition) is 1. The van der Waals surface area contributed by atoms with Gasteiger partial charge in [-0.1, -0.05) is 0 Å². The standard InChI is InChI=1S/C6H14O5S/c1-6(10-2,11-3)4-5-12(7,8)9/h4-5H2,1-3H3,(H,7,8,9). The molecule has 6 heteroatoms. The Kier molecular flexibility index (Phi) is 4.12. The van der Waals surface area contributed by atoms with Crippen LogP contribution in [0.15, 0.2) is 0 Å². The summed E-state index contributed by atoms with van der Waals surface area (Å²) in [5.74, 6) is -1.32. The fraction of sp³-hybridized carbons (Fsp3) is 1.00. The fourth-order valence-electron chi connectivity index (χ4n) is 0.602. The van der Waals surface area contributed by atoms with E-state index < -0.39 is 15.9 Å². The number of ether oxygens (including phenoxy) is 2. The second-order valence-electron chi connectivity index (χ2n) is 2.58. The number of methoxy groups -OCH3 is 2. The zero-order chi connectivity index (χ0) is 9.83. The lowest BCUT2D eigenvalue weighted by Gasteiger charge is -2.25. The van der Waals surface area contributed by atoms with Crippen LogP contribution in [-0.2, 0) is 19.6 Å². The smallest absolute Gasteiger partial charge is 0.265 e. The van der Waals surface area contributed by atoms with Crippen molar-refractivity contribution in [3.05, 3.63) is 0 Å². The van der Waals surface area contributed by atoms with E-state index in [9.17, 15) is 8.42 Å². The maximum absolute atomic E-state index is 10.4. The van der Waals surface area contributed by atoms with Crippen molar-refractivity contribution in [1.29, 1.82) is 0 Å². The SMILES string of the molecule is COC(C)(CCS(=O)(=O)O)OC. The minimum atomic E-state index is -3.94. The first-order valence-corrected chi connectivity index (χ1v) is 4.99. The summed E-state index contributed by atoms with van der Waals surface area (Å²) in [6.07, 6.45) is 0.0961. The van der Waals surface area contributed by atoms with E-state index in [0.29, 0.717) is 0 Å². The van der Waals surface area contributed by atoms with Crippen LogP contribution < -0.4 is 0 Å². The van der Waals surface area contributed by atoms with Gasteiger partial charge >= 0.3 is 0 Å². The third-order valence-corrected chi connectivity index (χ3v) is 2.40. The highest BCUT2D eigenvalue weighted by Crippen LogP contribution is 2.15. The molecule has 0 spiro atoms. The maximum Gasteiger partial charge on any atom is 0.265 e. The van der Waals surface area contributed by atoms with Crippen LogP contribution in [0.4, 0.5) is 0 Å². The summed E-state index contributed by atoms with van der Waals surface area (Å²) in [5.41, 5.74) is 0. The molecule has 0 unspecified atom stereocenters. The predicted octanol–water partition coefficient (Wildman–Crippen LogP) is 0.273. The highest BCUT2D eigenvalue weighted by Gasteiger charge is 2.24. The lowest BCUT2D eigenvalue weighted by molar-refractivity contribution is -0.193. The Morgan fingerprint density at radius 1 is 1.33 bits per heavy atom. The summed E-state index contributed by atoms with van der Waals surface area (Å²) in [4.78, 5) is 0. The molecule has 0 bridgehead atoms. The molecule has 0 aliphatic carbocycles. The summed E-state index contributed by atoms with van der Waals surface area (Å²) >= 11 is 0. The predicted molar refractivity (Wildman–Crippen MR) is 43.5 cm³/mol. The summed E-state index contributed by atoms with van der Waals surface area (Å²) < 4.78 is 38.9. The van der Waals surface area contributed by atoms with Crippen LogP contribution in [0.3, 0.4) is 0 Å². The monoisotopic (exact) mass is 198 g/mol. The summed E-state index contributed by atoms with van der Waals surface area (Å²) in [6.45, 7) is 1.60. The Balaban J connectivity index is 4.07. The van der Waals surface area contributed by atoms with E-state index in [4.69, 9.17) is 14.0 Å². The van der Waals surface area contributed by atoms with E-state index >= 15 is 0 Å². The molecule has 1 N–H and O–H groups in total. The first kappa shape index (κ1) is 11.8. The Hall–Kier alpha value is -0.170. The van der Waals surface area contributed by atoms with Crippen molar-refractivity contribution in [2.24, 2.45) is 0 Å². The third kappa shape index (κ3) is 4.66. The van der Waals surface area contributed by atoms with Crippen molar-refractivity contribution in [3.63, 3.8) is 0 Å². The fourth-order valence-corrected chi connectivity index (χ4v) is 1.23. The van der Waals surface area contributed by atoms with Crippen LogP contribution in [0.25, 0.3) is 0 Å². The van der Waals surface area contributed by atoms with Gasteiger partial charge in [-0.25, -0.2) is 0 Å². The van der Waals surface area contributed by atoms with Crippen LogP contribution in [0.5, 0.6) is 0 Å². The zero-order valence-electron chi connectivity index (χ0n) is 7.40. The molecular formula is C6H14O5S. The third-order valence-electron chi connectivity index (χ3n) is 1.68. The van der Waals surface area contributed by atoms with E-state index in [-0.39, 0.29) is 12.2 Å². The van der Waals surface area contributed by atoms with Gasteiger partial charge in [0.1, 0.15) is 0 Å². The van der Waals surface area contributed by atoms with Crippen molar-refractivity contribution in [3.8, 4) is 0 Å². The molecule has 0 aliphatic rings. The van der Waals surface area contributed by atoms with Crippen LogP contribution in [0.1, 0.15) is 13.3 Å². The molecule has 0 amide bonds. The summed E-state index contributed by atoms with van der Waals surface area (Å²) in [5, 5.41) is 0. The Bertz CT molecular complexity index is 216. The molecule has 0 aromatic rings. The first-order chi connectivity index (χ1) is 5.33. The Morgan fingerprint density at radius 2 is 1.75 bits per heavy atom. The van der Waals surface area contributed by atoms with Gasteiger partial charge in [-0.05, 0) is 6.92 Å². The maximum atomic E-state index is 10.4. The van der Waals surface area contributed by atoms with Gasteiger partial charge in [-0.15, -0.1) is 0 Å². The van der Waals surface area contributed by atoms with Crippen molar-refractivity contribution in [2.45, 2.75) is 19.1 Å². The van der Waals surface area contributed by atoms with Gasteiger partial charge in [0, 0.05) is 20.6 Å². The molecule has 0 heterocycles. The molecule has 0 fully saturated rings. The van der Waals surface area contributed by atoms with E-state index in [1.54, 1.807) is 6.92 Å². The molecule has 5 nitrogen and oxygen atoms in total. The summed E-state index contributed by atoms with van der Waals surface area (Å²) in [6, 6.07) is 0. The lowest BCUT2D eigenvalue weighted by atomic mass is 10.2. The second kappa shape index (κ2) is 4.18. The second-order valence-corrected chi connectivity index (χ2v) is 4.15. The van der Waals surface area contributed by atoms with Gasteiger partial charge in [-0.2, -0.15) is 8.42 Å². The molecule has 0 atom stereocenters. The quantitative estimate of drug-likeness (QED) is 0.507. The van der Waals surface area contributed by atoms with E-state index in [1.165, 1.54) is 14.2 Å². The minimum Gasteiger partial charge on any atom is -0.353 e. The van der Waals surface area contributed by atoms with Gasteiger partial charge in [0.05, 0.1) is 5.75 Å². The highest BCUT2D eigenvalue weighted by molar-refractivity contribution is 7.85. The van der Waals surface area contributed by atoms with Gasteiger partial charge in [-0.3, -0.25) is 4.55 Å². The highest BCUT2D eigenvalue weighted by atomic mass is 32.2. The zero-order valence-corrected chi connectivity index (χ0v) is 8.22. The average Bonchev–Trinajstić information content (AvgIpc) is 1.99. The molecule has 0 radical (unpaired) electrons. The molecule has 0 saturated heterocycles. The van der Waals surface area contributed by atoms with Crippen molar-refractivity contribution < 1.29 is 22.4 Å². The molecule has 0 saturated carbocycles. The van der Waals surface area contributed by atoms with Crippen LogP contribution in [0, 0.1) is 0 Å². The largest absolute Gasteiger partial charge is 0.353 e. The van der Waals surface area contributed by atoms with Gasteiger partial charge in [0.25, 0.3) is 10.1 Å². The van der Waals surface area contributed by atoms with E-state index in [2.05, 4.69) is 0 Å². The van der Waals surface area contributed by atoms with E-state index in [1.807, 2.05) is 0 Å². The Labute approximate surface area is 72.4 Å². The van der Waals surface area contributed by atoms with Gasteiger partial charge in [0.2, 0.25) is 0 Å². The molecular weight excluding hydrogens is 184 g/mol. The molecule has 0 rings (SSSR count). The molecule has 0 aliphatic heterocycles.